The topological polar surface area (TPSA) is 80.5 Å². The van der Waals surface area contributed by atoms with Gasteiger partial charge in [-0.15, -0.1) is 10.2 Å². The van der Waals surface area contributed by atoms with Gasteiger partial charge in [-0.2, -0.15) is 5.10 Å². The minimum Gasteiger partial charge on any atom is -0.374 e. The van der Waals surface area contributed by atoms with Crippen LogP contribution in [0.3, 0.4) is 0 Å². The van der Waals surface area contributed by atoms with Gasteiger partial charge in [0.2, 0.25) is 5.13 Å². The summed E-state index contributed by atoms with van der Waals surface area (Å²) in [5, 5.41) is 17.6. The van der Waals surface area contributed by atoms with Gasteiger partial charge < -0.3 is 5.73 Å². The number of nitrogens with one attached hydrogen (secondary N) is 1. The molecule has 6 heteroatoms. The summed E-state index contributed by atoms with van der Waals surface area (Å²) in [5.41, 5.74) is 8.73. The number of nitrogens with two attached hydrogens (primary N) is 1. The molecule has 3 rings (SSSR count). The molecule has 5 nitrogen and oxygen atoms in total. The van der Waals surface area contributed by atoms with Gasteiger partial charge in [-0.1, -0.05) is 18.3 Å². The number of nitrogen functional groups attached to an aromatic ring is 1. The molecule has 0 amide bonds. The molecule has 17 heavy (non-hydrogen) atoms. The second kappa shape index (κ2) is 3.81. The first-order valence-electron chi connectivity index (χ1n) is 5.34. The Bertz CT molecular complexity index is 669. The van der Waals surface area contributed by atoms with Gasteiger partial charge >= 0.3 is 0 Å². The Morgan fingerprint density at radius 1 is 1.35 bits per heavy atom. The number of rotatable bonds is 2. The molecule has 0 aliphatic carbocycles. The largest absolute Gasteiger partial charge is 0.374 e. The number of nitrogens with zero attached hydrogens (tertiary/aromatic N) is 3. The molecule has 0 atom stereocenters. The SMILES string of the molecule is CCc1n[nH]c2ccc(-c3nnc(N)s3)cc12. The maximum atomic E-state index is 5.59. The van der Waals surface area contributed by atoms with E-state index in [1.165, 1.54) is 11.3 Å². The van der Waals surface area contributed by atoms with Crippen LogP contribution in [0.25, 0.3) is 21.5 Å². The molecule has 0 bridgehead atoms. The normalized spacial score (nSPS) is 11.1. The summed E-state index contributed by atoms with van der Waals surface area (Å²) < 4.78 is 0. The minimum atomic E-state index is 0.489. The summed E-state index contributed by atoms with van der Waals surface area (Å²) in [4.78, 5) is 0. The zero-order chi connectivity index (χ0) is 11.8. The molecule has 3 N–H and O–H groups in total. The predicted octanol–water partition coefficient (Wildman–Crippen LogP) is 2.23. The highest BCUT2D eigenvalue weighted by Crippen LogP contribution is 2.28. The molecule has 0 spiro atoms. The van der Waals surface area contributed by atoms with Crippen LogP contribution in [0.15, 0.2) is 18.2 Å². The van der Waals surface area contributed by atoms with E-state index in [1.807, 2.05) is 12.1 Å². The molecule has 0 saturated carbocycles. The monoisotopic (exact) mass is 245 g/mol. The van der Waals surface area contributed by atoms with Gasteiger partial charge in [-0.05, 0) is 24.6 Å². The fourth-order valence-electron chi connectivity index (χ4n) is 1.82. The van der Waals surface area contributed by atoms with E-state index in [-0.39, 0.29) is 0 Å². The Kier molecular flexibility index (Phi) is 2.29. The molecular formula is C11H11N5S. The van der Waals surface area contributed by atoms with Gasteiger partial charge in [0, 0.05) is 10.9 Å². The molecular weight excluding hydrogens is 234 g/mol. The highest BCUT2D eigenvalue weighted by molar-refractivity contribution is 7.18. The number of anilines is 1. The van der Waals surface area contributed by atoms with Crippen molar-refractivity contribution < 1.29 is 0 Å². The standard InChI is InChI=1S/C11H11N5S/c1-2-8-7-5-6(3-4-9(7)14-13-8)10-15-16-11(12)17-10/h3-5H,2H2,1H3,(H2,12,16)(H,13,14). The summed E-state index contributed by atoms with van der Waals surface area (Å²) in [7, 11) is 0. The molecule has 0 aliphatic heterocycles. The molecule has 0 radical (unpaired) electrons. The van der Waals surface area contributed by atoms with E-state index in [1.54, 1.807) is 0 Å². The lowest BCUT2D eigenvalue weighted by Crippen LogP contribution is -1.81. The lowest BCUT2D eigenvalue weighted by atomic mass is 10.1. The van der Waals surface area contributed by atoms with E-state index in [9.17, 15) is 0 Å². The molecule has 2 aromatic heterocycles. The van der Waals surface area contributed by atoms with Gasteiger partial charge in [-0.25, -0.2) is 0 Å². The summed E-state index contributed by atoms with van der Waals surface area (Å²) in [5.74, 6) is 0. The molecule has 2 heterocycles. The molecule has 3 aromatic rings. The minimum absolute atomic E-state index is 0.489. The fourth-order valence-corrected chi connectivity index (χ4v) is 2.43. The summed E-state index contributed by atoms with van der Waals surface area (Å²) in [6.07, 6.45) is 0.904. The van der Waals surface area contributed by atoms with Crippen LogP contribution < -0.4 is 5.73 Å². The van der Waals surface area contributed by atoms with Gasteiger partial charge in [0.05, 0.1) is 11.2 Å². The Balaban J connectivity index is 2.18. The third kappa shape index (κ3) is 1.66. The number of hydrogen-bond acceptors (Lipinski definition) is 5. The van der Waals surface area contributed by atoms with Crippen LogP contribution in [0.4, 0.5) is 5.13 Å². The molecule has 1 aromatic carbocycles. The number of fused-ring (bicyclic) bond motifs is 1. The fraction of sp³-hybridized carbons (Fsp3) is 0.182. The van der Waals surface area contributed by atoms with Crippen LogP contribution >= 0.6 is 11.3 Å². The maximum absolute atomic E-state index is 5.59. The predicted molar refractivity (Wildman–Crippen MR) is 68.8 cm³/mol. The van der Waals surface area contributed by atoms with Crippen molar-refractivity contribution in [2.24, 2.45) is 0 Å². The van der Waals surface area contributed by atoms with E-state index in [0.717, 1.165) is 33.6 Å². The van der Waals surface area contributed by atoms with Crippen molar-refractivity contribution >= 4 is 27.4 Å². The van der Waals surface area contributed by atoms with Gasteiger partial charge in [-0.3, -0.25) is 5.10 Å². The quantitative estimate of drug-likeness (QED) is 0.725. The van der Waals surface area contributed by atoms with E-state index >= 15 is 0 Å². The average Bonchev–Trinajstić information content (AvgIpc) is 2.94. The van der Waals surface area contributed by atoms with E-state index in [2.05, 4.69) is 33.4 Å². The first kappa shape index (κ1) is 10.2. The Morgan fingerprint density at radius 2 is 2.24 bits per heavy atom. The molecule has 0 saturated heterocycles. The Hall–Kier alpha value is -1.95. The Labute approximate surface area is 102 Å². The van der Waals surface area contributed by atoms with Crippen LogP contribution in [-0.4, -0.2) is 20.4 Å². The Morgan fingerprint density at radius 3 is 2.94 bits per heavy atom. The van der Waals surface area contributed by atoms with Crippen molar-refractivity contribution in [2.45, 2.75) is 13.3 Å². The molecule has 0 unspecified atom stereocenters. The van der Waals surface area contributed by atoms with Crippen molar-refractivity contribution in [3.63, 3.8) is 0 Å². The van der Waals surface area contributed by atoms with E-state index < -0.39 is 0 Å². The lowest BCUT2D eigenvalue weighted by Gasteiger charge is -1.96. The number of H-pyrrole nitrogens is 1. The summed E-state index contributed by atoms with van der Waals surface area (Å²) in [6, 6.07) is 6.09. The van der Waals surface area contributed by atoms with Gasteiger partial charge in [0.25, 0.3) is 0 Å². The second-order valence-electron chi connectivity index (χ2n) is 3.73. The smallest absolute Gasteiger partial charge is 0.203 e. The number of aromatic nitrogens is 4. The third-order valence-corrected chi connectivity index (χ3v) is 3.47. The van der Waals surface area contributed by atoms with Crippen LogP contribution in [-0.2, 0) is 6.42 Å². The lowest BCUT2D eigenvalue weighted by molar-refractivity contribution is 0.988. The van der Waals surface area contributed by atoms with Crippen molar-refractivity contribution in [3.8, 4) is 10.6 Å². The van der Waals surface area contributed by atoms with Crippen molar-refractivity contribution in [2.75, 3.05) is 5.73 Å². The zero-order valence-corrected chi connectivity index (χ0v) is 10.1. The van der Waals surface area contributed by atoms with Crippen molar-refractivity contribution in [3.05, 3.63) is 23.9 Å². The van der Waals surface area contributed by atoms with Crippen LogP contribution in [0.2, 0.25) is 0 Å². The van der Waals surface area contributed by atoms with E-state index in [0.29, 0.717) is 5.13 Å². The van der Waals surface area contributed by atoms with Crippen LogP contribution in [0.5, 0.6) is 0 Å². The maximum Gasteiger partial charge on any atom is 0.203 e. The first-order chi connectivity index (χ1) is 8.28. The number of aryl methyl sites for hydroxylation is 1. The van der Waals surface area contributed by atoms with Crippen molar-refractivity contribution in [1.82, 2.24) is 20.4 Å². The summed E-state index contributed by atoms with van der Waals surface area (Å²) >= 11 is 1.39. The summed E-state index contributed by atoms with van der Waals surface area (Å²) in [6.45, 7) is 2.09. The first-order valence-corrected chi connectivity index (χ1v) is 6.16. The zero-order valence-electron chi connectivity index (χ0n) is 9.27. The van der Waals surface area contributed by atoms with Crippen molar-refractivity contribution in [1.29, 1.82) is 0 Å². The molecule has 86 valence electrons. The van der Waals surface area contributed by atoms with Gasteiger partial charge in [0.15, 0.2) is 0 Å². The highest BCUT2D eigenvalue weighted by atomic mass is 32.1. The second-order valence-corrected chi connectivity index (χ2v) is 4.74. The molecule has 0 aliphatic rings. The number of hydrogen-bond donors (Lipinski definition) is 2. The van der Waals surface area contributed by atoms with Crippen LogP contribution in [0, 0.1) is 0 Å². The third-order valence-electron chi connectivity index (χ3n) is 2.66. The molecule has 0 fully saturated rings. The number of benzene rings is 1. The average molecular weight is 245 g/mol. The number of aromatic amines is 1. The van der Waals surface area contributed by atoms with Crippen LogP contribution in [0.1, 0.15) is 12.6 Å². The van der Waals surface area contributed by atoms with E-state index in [4.69, 9.17) is 5.73 Å². The van der Waals surface area contributed by atoms with Gasteiger partial charge in [0.1, 0.15) is 5.01 Å². The highest BCUT2D eigenvalue weighted by Gasteiger charge is 2.08.